The molecule has 1 aliphatic heterocycles. The van der Waals surface area contributed by atoms with Gasteiger partial charge in [0, 0.05) is 31.7 Å². The lowest BCUT2D eigenvalue weighted by Crippen LogP contribution is -2.43. The monoisotopic (exact) mass is 258 g/mol. The minimum absolute atomic E-state index is 0.853. The third kappa shape index (κ3) is 3.73. The molecule has 0 bridgehead atoms. The van der Waals surface area contributed by atoms with Crippen molar-refractivity contribution in [1.29, 1.82) is 0 Å². The smallest absolute Gasteiger partial charge is 0.122 e. The second-order valence-electron chi connectivity index (χ2n) is 4.96. The molecule has 0 aliphatic carbocycles. The van der Waals surface area contributed by atoms with E-state index in [0.717, 1.165) is 49.6 Å². The summed E-state index contributed by atoms with van der Waals surface area (Å²) in [5, 5.41) is 3.35. The largest absolute Gasteiger partial charge is 0.496 e. The molecule has 0 amide bonds. The Morgan fingerprint density at radius 1 is 1.21 bits per heavy atom. The van der Waals surface area contributed by atoms with Crippen LogP contribution >= 0.6 is 0 Å². The number of rotatable bonds is 2. The summed E-state index contributed by atoms with van der Waals surface area (Å²) in [6.45, 7) is 9.32. The molecule has 0 spiro atoms. The van der Waals surface area contributed by atoms with Crippen molar-refractivity contribution in [3.8, 4) is 17.6 Å². The lowest BCUT2D eigenvalue weighted by Gasteiger charge is -2.24. The van der Waals surface area contributed by atoms with Crippen LogP contribution < -0.4 is 10.1 Å². The minimum Gasteiger partial charge on any atom is -0.496 e. The Hall–Kier alpha value is -1.50. The van der Waals surface area contributed by atoms with Crippen LogP contribution in [0.15, 0.2) is 12.1 Å². The SMILES string of the molecule is COc1cc(C)c(C#CCN2CCNCC2)cc1C. The van der Waals surface area contributed by atoms with E-state index in [1.165, 1.54) is 5.56 Å². The van der Waals surface area contributed by atoms with Crippen LogP contribution in [-0.2, 0) is 0 Å². The van der Waals surface area contributed by atoms with Crippen molar-refractivity contribution in [3.05, 3.63) is 28.8 Å². The van der Waals surface area contributed by atoms with E-state index < -0.39 is 0 Å². The number of methoxy groups -OCH3 is 1. The molecular weight excluding hydrogens is 236 g/mol. The van der Waals surface area contributed by atoms with Gasteiger partial charge in [-0.15, -0.1) is 0 Å². The van der Waals surface area contributed by atoms with Crippen LogP contribution in [0.25, 0.3) is 0 Å². The molecule has 3 heteroatoms. The highest BCUT2D eigenvalue weighted by Gasteiger charge is 2.07. The van der Waals surface area contributed by atoms with E-state index >= 15 is 0 Å². The molecule has 0 unspecified atom stereocenters. The van der Waals surface area contributed by atoms with Gasteiger partial charge in [-0.25, -0.2) is 0 Å². The zero-order chi connectivity index (χ0) is 13.7. The van der Waals surface area contributed by atoms with Gasteiger partial charge < -0.3 is 10.1 Å². The predicted molar refractivity (Wildman–Crippen MR) is 78.7 cm³/mol. The fourth-order valence-electron chi connectivity index (χ4n) is 2.26. The molecule has 2 rings (SSSR count). The lowest BCUT2D eigenvalue weighted by molar-refractivity contribution is 0.268. The van der Waals surface area contributed by atoms with Crippen molar-refractivity contribution in [1.82, 2.24) is 10.2 Å². The number of benzene rings is 1. The van der Waals surface area contributed by atoms with E-state index in [-0.39, 0.29) is 0 Å². The van der Waals surface area contributed by atoms with Crippen LogP contribution in [0.4, 0.5) is 0 Å². The number of nitrogens with zero attached hydrogens (tertiary/aromatic N) is 1. The van der Waals surface area contributed by atoms with Crippen LogP contribution in [-0.4, -0.2) is 44.7 Å². The van der Waals surface area contributed by atoms with Gasteiger partial charge in [0.25, 0.3) is 0 Å². The zero-order valence-corrected chi connectivity index (χ0v) is 12.0. The fraction of sp³-hybridized carbons (Fsp3) is 0.500. The molecule has 102 valence electrons. The number of ether oxygens (including phenoxy) is 1. The van der Waals surface area contributed by atoms with Gasteiger partial charge in [0.05, 0.1) is 13.7 Å². The molecule has 0 radical (unpaired) electrons. The van der Waals surface area contributed by atoms with E-state index in [0.29, 0.717) is 0 Å². The van der Waals surface area contributed by atoms with Crippen molar-refractivity contribution in [2.75, 3.05) is 39.8 Å². The van der Waals surface area contributed by atoms with Crippen LogP contribution in [0.1, 0.15) is 16.7 Å². The van der Waals surface area contributed by atoms with Crippen molar-refractivity contribution in [2.45, 2.75) is 13.8 Å². The second-order valence-corrected chi connectivity index (χ2v) is 4.96. The maximum absolute atomic E-state index is 5.32. The summed E-state index contributed by atoms with van der Waals surface area (Å²) < 4.78 is 5.32. The Bertz CT molecular complexity index is 493. The first-order chi connectivity index (χ1) is 9.20. The van der Waals surface area contributed by atoms with Gasteiger partial charge in [0.2, 0.25) is 0 Å². The maximum Gasteiger partial charge on any atom is 0.122 e. The summed E-state index contributed by atoms with van der Waals surface area (Å²) in [4.78, 5) is 2.38. The highest BCUT2D eigenvalue weighted by atomic mass is 16.5. The average Bonchev–Trinajstić information content (AvgIpc) is 2.43. The molecule has 0 aromatic heterocycles. The van der Waals surface area contributed by atoms with E-state index in [1.807, 2.05) is 0 Å². The summed E-state index contributed by atoms with van der Waals surface area (Å²) in [6.07, 6.45) is 0. The molecule has 0 saturated carbocycles. The first kappa shape index (κ1) is 13.9. The van der Waals surface area contributed by atoms with Crippen molar-refractivity contribution < 1.29 is 4.74 Å². The minimum atomic E-state index is 0.853. The summed E-state index contributed by atoms with van der Waals surface area (Å²) in [7, 11) is 1.71. The number of aryl methyl sites for hydroxylation is 2. The normalized spacial score (nSPS) is 15.7. The average molecular weight is 258 g/mol. The molecule has 1 N–H and O–H groups in total. The van der Waals surface area contributed by atoms with Crippen LogP contribution in [0.2, 0.25) is 0 Å². The first-order valence-electron chi connectivity index (χ1n) is 6.78. The second kappa shape index (κ2) is 6.60. The van der Waals surface area contributed by atoms with Gasteiger partial charge in [-0.3, -0.25) is 4.90 Å². The topological polar surface area (TPSA) is 24.5 Å². The Kier molecular flexibility index (Phi) is 4.84. The summed E-state index contributed by atoms with van der Waals surface area (Å²) in [5.41, 5.74) is 3.42. The molecule has 3 nitrogen and oxygen atoms in total. The fourth-order valence-corrected chi connectivity index (χ4v) is 2.26. The van der Waals surface area contributed by atoms with E-state index in [4.69, 9.17) is 4.74 Å². The third-order valence-electron chi connectivity index (χ3n) is 3.48. The predicted octanol–water partition coefficient (Wildman–Crippen LogP) is 1.57. The highest BCUT2D eigenvalue weighted by Crippen LogP contribution is 2.21. The Balaban J connectivity index is 2.04. The number of nitrogens with one attached hydrogen (secondary N) is 1. The van der Waals surface area contributed by atoms with Gasteiger partial charge in [-0.1, -0.05) is 11.8 Å². The molecule has 1 saturated heterocycles. The van der Waals surface area contributed by atoms with Gasteiger partial charge in [-0.2, -0.15) is 0 Å². The van der Waals surface area contributed by atoms with Gasteiger partial charge in [0.1, 0.15) is 5.75 Å². The van der Waals surface area contributed by atoms with Gasteiger partial charge >= 0.3 is 0 Å². The van der Waals surface area contributed by atoms with Crippen molar-refractivity contribution in [3.63, 3.8) is 0 Å². The number of hydrogen-bond donors (Lipinski definition) is 1. The summed E-state index contributed by atoms with van der Waals surface area (Å²) in [6, 6.07) is 4.17. The summed E-state index contributed by atoms with van der Waals surface area (Å²) >= 11 is 0. The highest BCUT2D eigenvalue weighted by molar-refractivity contribution is 5.49. The molecule has 19 heavy (non-hydrogen) atoms. The van der Waals surface area contributed by atoms with E-state index in [9.17, 15) is 0 Å². The Morgan fingerprint density at radius 2 is 1.95 bits per heavy atom. The Labute approximate surface area is 115 Å². The van der Waals surface area contributed by atoms with Crippen LogP contribution in [0.3, 0.4) is 0 Å². The number of piperazine rings is 1. The Morgan fingerprint density at radius 3 is 2.63 bits per heavy atom. The summed E-state index contributed by atoms with van der Waals surface area (Å²) in [5.74, 6) is 7.50. The van der Waals surface area contributed by atoms with E-state index in [2.05, 4.69) is 48.0 Å². The molecule has 1 fully saturated rings. The lowest BCUT2D eigenvalue weighted by atomic mass is 10.0. The van der Waals surface area contributed by atoms with E-state index in [1.54, 1.807) is 7.11 Å². The van der Waals surface area contributed by atoms with Crippen LogP contribution in [0, 0.1) is 25.7 Å². The zero-order valence-electron chi connectivity index (χ0n) is 12.0. The van der Waals surface area contributed by atoms with Crippen LogP contribution in [0.5, 0.6) is 5.75 Å². The quantitative estimate of drug-likeness (QED) is 0.815. The third-order valence-corrected chi connectivity index (χ3v) is 3.48. The van der Waals surface area contributed by atoms with Gasteiger partial charge in [0.15, 0.2) is 0 Å². The molecule has 0 atom stereocenters. The number of hydrogen-bond acceptors (Lipinski definition) is 3. The van der Waals surface area contributed by atoms with Gasteiger partial charge in [-0.05, 0) is 37.1 Å². The molecule has 1 heterocycles. The molecule has 1 aromatic carbocycles. The molecular formula is C16H22N2O. The van der Waals surface area contributed by atoms with Crippen molar-refractivity contribution in [2.24, 2.45) is 0 Å². The molecule has 1 aliphatic rings. The molecule has 1 aromatic rings. The standard InChI is InChI=1S/C16H22N2O/c1-13-12-16(19-3)14(2)11-15(13)5-4-8-18-9-6-17-7-10-18/h11-12,17H,6-10H2,1-3H3. The first-order valence-corrected chi connectivity index (χ1v) is 6.78. The maximum atomic E-state index is 5.32. The van der Waals surface area contributed by atoms with Crippen molar-refractivity contribution >= 4 is 0 Å².